The number of piperazine rings is 1. The highest BCUT2D eigenvalue weighted by molar-refractivity contribution is 7.15. The monoisotopic (exact) mass is 358 g/mol. The van der Waals surface area contributed by atoms with E-state index in [4.69, 9.17) is 0 Å². The summed E-state index contributed by atoms with van der Waals surface area (Å²) in [6.45, 7) is 6.76. The summed E-state index contributed by atoms with van der Waals surface area (Å²) in [5, 5.41) is 10.1. The van der Waals surface area contributed by atoms with Crippen LogP contribution in [0, 0.1) is 13.8 Å². The first kappa shape index (κ1) is 17.5. The number of hydrogen-bond acceptors (Lipinski definition) is 6. The molecule has 1 aliphatic rings. The molecule has 7 heteroatoms. The summed E-state index contributed by atoms with van der Waals surface area (Å²) in [5.74, 6) is 0.0740. The van der Waals surface area contributed by atoms with Crippen LogP contribution in [-0.2, 0) is 4.79 Å². The largest absolute Gasteiger partial charge is 0.343 e. The number of anilines is 1. The van der Waals surface area contributed by atoms with Gasteiger partial charge < -0.3 is 9.80 Å². The van der Waals surface area contributed by atoms with E-state index in [0.717, 1.165) is 28.8 Å². The van der Waals surface area contributed by atoms with Gasteiger partial charge in [-0.2, -0.15) is 0 Å². The molecule has 0 radical (unpaired) electrons. The van der Waals surface area contributed by atoms with Crippen molar-refractivity contribution in [1.82, 2.24) is 15.1 Å². The quantitative estimate of drug-likeness (QED) is 0.768. The van der Waals surface area contributed by atoms with E-state index in [1.54, 1.807) is 11.3 Å². The molecule has 1 aliphatic heterocycles. The van der Waals surface area contributed by atoms with E-state index in [2.05, 4.69) is 15.1 Å². The molecule has 2 heterocycles. The minimum absolute atomic E-state index is 0.0244. The Bertz CT molecular complexity index is 749. The Morgan fingerprint density at radius 2 is 1.68 bits per heavy atom. The molecule has 0 spiro atoms. The number of carbonyl (C=O) groups excluding carboxylic acids is 2. The molecule has 1 aromatic carbocycles. The van der Waals surface area contributed by atoms with E-state index in [-0.39, 0.29) is 24.5 Å². The van der Waals surface area contributed by atoms with Crippen LogP contribution in [0.25, 0.3) is 0 Å². The van der Waals surface area contributed by atoms with Crippen LogP contribution in [0.3, 0.4) is 0 Å². The molecule has 1 fully saturated rings. The standard InChI is InChI=1S/C18H22N4O2S/c1-13-3-5-15(6-4-13)16(23)7-8-17(24)21-9-11-22(12-10-21)18-20-19-14(2)25-18/h3-6H,7-12H2,1-2H3. The fourth-order valence-corrected chi connectivity index (χ4v) is 3.56. The van der Waals surface area contributed by atoms with Crippen LogP contribution < -0.4 is 4.90 Å². The van der Waals surface area contributed by atoms with Crippen molar-refractivity contribution >= 4 is 28.2 Å². The molecular weight excluding hydrogens is 336 g/mol. The van der Waals surface area contributed by atoms with Crippen LogP contribution in [0.5, 0.6) is 0 Å². The second kappa shape index (κ2) is 7.74. The number of ketones is 1. The first-order valence-corrected chi connectivity index (χ1v) is 9.27. The van der Waals surface area contributed by atoms with Gasteiger partial charge in [0.25, 0.3) is 0 Å². The summed E-state index contributed by atoms with van der Waals surface area (Å²) in [6, 6.07) is 7.49. The van der Waals surface area contributed by atoms with Gasteiger partial charge in [0.1, 0.15) is 5.01 Å². The lowest BCUT2D eigenvalue weighted by Gasteiger charge is -2.34. The molecule has 0 bridgehead atoms. The Kier molecular flexibility index (Phi) is 5.43. The van der Waals surface area contributed by atoms with Gasteiger partial charge in [-0.3, -0.25) is 9.59 Å². The van der Waals surface area contributed by atoms with Gasteiger partial charge in [-0.05, 0) is 13.8 Å². The highest BCUT2D eigenvalue weighted by Crippen LogP contribution is 2.21. The molecule has 0 atom stereocenters. The molecule has 0 N–H and O–H groups in total. The molecule has 1 saturated heterocycles. The van der Waals surface area contributed by atoms with Crippen LogP contribution >= 0.6 is 11.3 Å². The van der Waals surface area contributed by atoms with Gasteiger partial charge >= 0.3 is 0 Å². The summed E-state index contributed by atoms with van der Waals surface area (Å²) >= 11 is 1.57. The third-order valence-electron chi connectivity index (χ3n) is 4.36. The number of nitrogens with zero attached hydrogens (tertiary/aromatic N) is 4. The molecule has 132 valence electrons. The number of amides is 1. The first-order valence-electron chi connectivity index (χ1n) is 8.45. The van der Waals surface area contributed by atoms with E-state index >= 15 is 0 Å². The number of hydrogen-bond donors (Lipinski definition) is 0. The van der Waals surface area contributed by atoms with E-state index in [1.165, 1.54) is 0 Å². The average molecular weight is 358 g/mol. The predicted molar refractivity (Wildman–Crippen MR) is 98.2 cm³/mol. The van der Waals surface area contributed by atoms with Crippen LogP contribution in [0.1, 0.15) is 33.8 Å². The number of aryl methyl sites for hydroxylation is 2. The zero-order chi connectivity index (χ0) is 17.8. The molecule has 0 saturated carbocycles. The van der Waals surface area contributed by atoms with Crippen molar-refractivity contribution < 1.29 is 9.59 Å². The fraction of sp³-hybridized carbons (Fsp3) is 0.444. The van der Waals surface area contributed by atoms with Gasteiger partial charge in [0.2, 0.25) is 11.0 Å². The van der Waals surface area contributed by atoms with Crippen molar-refractivity contribution in [3.63, 3.8) is 0 Å². The highest BCUT2D eigenvalue weighted by Gasteiger charge is 2.23. The number of rotatable bonds is 5. The summed E-state index contributed by atoms with van der Waals surface area (Å²) in [4.78, 5) is 28.6. The van der Waals surface area contributed by atoms with Crippen molar-refractivity contribution in [2.45, 2.75) is 26.7 Å². The molecule has 0 unspecified atom stereocenters. The van der Waals surface area contributed by atoms with Crippen LogP contribution in [0.4, 0.5) is 5.13 Å². The average Bonchev–Trinajstić information content (AvgIpc) is 3.06. The molecule has 3 rings (SSSR count). The van der Waals surface area contributed by atoms with Gasteiger partial charge in [0.15, 0.2) is 5.78 Å². The van der Waals surface area contributed by atoms with Gasteiger partial charge in [-0.25, -0.2) is 0 Å². The van der Waals surface area contributed by atoms with E-state index in [0.29, 0.717) is 18.7 Å². The SMILES string of the molecule is Cc1ccc(C(=O)CCC(=O)N2CCN(c3nnc(C)s3)CC2)cc1. The van der Waals surface area contributed by atoms with Crippen molar-refractivity contribution in [2.75, 3.05) is 31.1 Å². The Balaban J connectivity index is 1.46. The maximum Gasteiger partial charge on any atom is 0.223 e. The maximum atomic E-state index is 12.4. The second-order valence-electron chi connectivity index (χ2n) is 6.26. The summed E-state index contributed by atoms with van der Waals surface area (Å²) in [6.07, 6.45) is 0.530. The number of aromatic nitrogens is 2. The molecule has 0 aliphatic carbocycles. The van der Waals surface area contributed by atoms with Crippen LogP contribution in [0.2, 0.25) is 0 Å². The van der Waals surface area contributed by atoms with Gasteiger partial charge in [-0.1, -0.05) is 41.2 Å². The van der Waals surface area contributed by atoms with Gasteiger partial charge in [0.05, 0.1) is 0 Å². The minimum Gasteiger partial charge on any atom is -0.343 e. The van der Waals surface area contributed by atoms with Crippen LogP contribution in [-0.4, -0.2) is 53.0 Å². The number of carbonyl (C=O) groups is 2. The maximum absolute atomic E-state index is 12.4. The number of benzene rings is 1. The van der Waals surface area contributed by atoms with Crippen LogP contribution in [0.15, 0.2) is 24.3 Å². The first-order chi connectivity index (χ1) is 12.0. The Morgan fingerprint density at radius 3 is 2.28 bits per heavy atom. The Morgan fingerprint density at radius 1 is 1.00 bits per heavy atom. The van der Waals surface area contributed by atoms with Crippen molar-refractivity contribution in [3.05, 3.63) is 40.4 Å². The van der Waals surface area contributed by atoms with E-state index < -0.39 is 0 Å². The molecule has 1 aromatic heterocycles. The van der Waals surface area contributed by atoms with Gasteiger partial charge in [-0.15, -0.1) is 10.2 Å². The second-order valence-corrected chi connectivity index (χ2v) is 7.42. The lowest BCUT2D eigenvalue weighted by molar-refractivity contribution is -0.131. The molecule has 1 amide bonds. The topological polar surface area (TPSA) is 66.4 Å². The normalized spacial score (nSPS) is 14.6. The van der Waals surface area contributed by atoms with Crippen molar-refractivity contribution in [2.24, 2.45) is 0 Å². The lowest BCUT2D eigenvalue weighted by atomic mass is 10.0. The molecule has 2 aromatic rings. The Labute approximate surface area is 151 Å². The summed E-state index contributed by atoms with van der Waals surface area (Å²) < 4.78 is 0. The predicted octanol–water partition coefficient (Wildman–Crippen LogP) is 2.47. The third-order valence-corrected chi connectivity index (χ3v) is 5.26. The van der Waals surface area contributed by atoms with Crippen molar-refractivity contribution in [3.8, 4) is 0 Å². The minimum atomic E-state index is 0.0244. The number of Topliss-reactive ketones (excluding diaryl/α,β-unsaturated/α-hetero) is 1. The van der Waals surface area contributed by atoms with E-state index in [9.17, 15) is 9.59 Å². The highest BCUT2D eigenvalue weighted by atomic mass is 32.1. The molecule has 6 nitrogen and oxygen atoms in total. The summed E-state index contributed by atoms with van der Waals surface area (Å²) in [5.41, 5.74) is 1.80. The molecule has 25 heavy (non-hydrogen) atoms. The summed E-state index contributed by atoms with van der Waals surface area (Å²) in [7, 11) is 0. The van der Waals surface area contributed by atoms with E-state index in [1.807, 2.05) is 43.0 Å². The molecular formula is C18H22N4O2S. The zero-order valence-corrected chi connectivity index (χ0v) is 15.4. The fourth-order valence-electron chi connectivity index (χ4n) is 2.82. The van der Waals surface area contributed by atoms with Gasteiger partial charge in [0, 0.05) is 44.6 Å². The third kappa shape index (κ3) is 4.42. The Hall–Kier alpha value is -2.28. The smallest absolute Gasteiger partial charge is 0.223 e. The van der Waals surface area contributed by atoms with Crippen molar-refractivity contribution in [1.29, 1.82) is 0 Å². The zero-order valence-electron chi connectivity index (χ0n) is 14.6. The lowest BCUT2D eigenvalue weighted by Crippen LogP contribution is -2.48.